The molecule has 3 heterocycles. The van der Waals surface area contributed by atoms with Crippen molar-refractivity contribution in [2.24, 2.45) is 14.1 Å². The third-order valence-corrected chi connectivity index (χ3v) is 5.53. The van der Waals surface area contributed by atoms with E-state index in [2.05, 4.69) is 34.3 Å². The van der Waals surface area contributed by atoms with Gasteiger partial charge in [0.15, 0.2) is 0 Å². The molecule has 142 valence electrons. The summed E-state index contributed by atoms with van der Waals surface area (Å²) in [5.41, 5.74) is -0.709. The zero-order chi connectivity index (χ0) is 19.7. The molecule has 10 heteroatoms. The van der Waals surface area contributed by atoms with Crippen molar-refractivity contribution in [3.8, 4) is 0 Å². The molecule has 0 fully saturated rings. The minimum atomic E-state index is -0.503. The first-order valence-corrected chi connectivity index (χ1v) is 9.40. The predicted molar refractivity (Wildman–Crippen MR) is 103 cm³/mol. The molecule has 0 bridgehead atoms. The first-order chi connectivity index (χ1) is 12.9. The molecule has 1 amide bonds. The summed E-state index contributed by atoms with van der Waals surface area (Å²) in [7, 11) is 2.91. The number of pyridine rings is 1. The molecule has 0 atom stereocenters. The number of amides is 1. The zero-order valence-corrected chi connectivity index (χ0v) is 16.3. The predicted octanol–water partition coefficient (Wildman–Crippen LogP) is 1.64. The summed E-state index contributed by atoms with van der Waals surface area (Å²) < 4.78 is 2.24. The number of aromatic nitrogens is 5. The first-order valence-electron chi connectivity index (χ1n) is 8.58. The third-order valence-electron chi connectivity index (χ3n) is 4.53. The Kier molecular flexibility index (Phi) is 5.17. The van der Waals surface area contributed by atoms with Crippen molar-refractivity contribution in [3.05, 3.63) is 43.7 Å². The first kappa shape index (κ1) is 18.9. The van der Waals surface area contributed by atoms with Gasteiger partial charge in [-0.3, -0.25) is 24.0 Å². The van der Waals surface area contributed by atoms with Crippen LogP contribution in [0.5, 0.6) is 0 Å². The number of rotatable bonds is 5. The average molecular weight is 388 g/mol. The summed E-state index contributed by atoms with van der Waals surface area (Å²) in [4.78, 5) is 41.0. The number of nitrogens with zero attached hydrogens (tertiary/aromatic N) is 5. The van der Waals surface area contributed by atoms with E-state index in [1.54, 1.807) is 0 Å². The van der Waals surface area contributed by atoms with Crippen LogP contribution in [0.15, 0.2) is 21.7 Å². The molecule has 27 heavy (non-hydrogen) atoms. The van der Waals surface area contributed by atoms with Gasteiger partial charge in [-0.2, -0.15) is 0 Å². The van der Waals surface area contributed by atoms with E-state index in [0.717, 1.165) is 22.4 Å². The van der Waals surface area contributed by atoms with E-state index in [1.165, 1.54) is 42.1 Å². The second-order valence-electron chi connectivity index (χ2n) is 6.19. The number of hydrogen-bond acceptors (Lipinski definition) is 7. The molecule has 0 aliphatic carbocycles. The van der Waals surface area contributed by atoms with Crippen LogP contribution in [-0.2, 0) is 14.1 Å². The van der Waals surface area contributed by atoms with Gasteiger partial charge in [-0.05, 0) is 25.0 Å². The summed E-state index contributed by atoms with van der Waals surface area (Å²) >= 11 is 1.34. The Morgan fingerprint density at radius 2 is 1.85 bits per heavy atom. The van der Waals surface area contributed by atoms with Crippen LogP contribution < -0.4 is 16.6 Å². The van der Waals surface area contributed by atoms with Crippen LogP contribution in [0, 0.1) is 0 Å². The average Bonchev–Trinajstić information content (AvgIpc) is 3.13. The number of anilines is 1. The Bertz CT molecular complexity index is 1130. The number of hydrogen-bond donors (Lipinski definition) is 1. The Morgan fingerprint density at radius 1 is 1.15 bits per heavy atom. The molecular weight excluding hydrogens is 368 g/mol. The van der Waals surface area contributed by atoms with Crippen molar-refractivity contribution >= 4 is 33.4 Å². The van der Waals surface area contributed by atoms with E-state index in [1.807, 2.05) is 0 Å². The lowest BCUT2D eigenvalue weighted by Gasteiger charge is -2.08. The van der Waals surface area contributed by atoms with Crippen molar-refractivity contribution in [3.63, 3.8) is 0 Å². The summed E-state index contributed by atoms with van der Waals surface area (Å²) in [5.74, 6) is -0.157. The molecule has 0 spiro atoms. The van der Waals surface area contributed by atoms with Gasteiger partial charge in [-0.25, -0.2) is 9.78 Å². The van der Waals surface area contributed by atoms with Crippen LogP contribution in [0.2, 0.25) is 0 Å². The molecule has 0 saturated carbocycles. The van der Waals surface area contributed by atoms with Gasteiger partial charge < -0.3 is 0 Å². The topological polar surface area (TPSA) is 112 Å². The van der Waals surface area contributed by atoms with Crippen LogP contribution >= 0.6 is 11.3 Å². The standard InChI is InChI=1S/C17H20N6O3S/c1-5-9(6-2)14-20-21-16(27-14)19-13(24)11-8-7-10-12(18-11)22(3)17(26)23(4)15(10)25/h7-9H,5-6H2,1-4H3,(H,19,21,24). The van der Waals surface area contributed by atoms with Gasteiger partial charge in [0.05, 0.1) is 5.39 Å². The molecule has 0 radical (unpaired) electrons. The SMILES string of the molecule is CCC(CC)c1nnc(NC(=O)c2ccc3c(=O)n(C)c(=O)n(C)c3n2)s1. The smallest absolute Gasteiger partial charge is 0.295 e. The minimum Gasteiger partial charge on any atom is -0.295 e. The number of fused-ring (bicyclic) bond motifs is 1. The Balaban J connectivity index is 1.93. The van der Waals surface area contributed by atoms with Crippen molar-refractivity contribution in [2.75, 3.05) is 5.32 Å². The molecule has 3 aromatic rings. The van der Waals surface area contributed by atoms with E-state index in [4.69, 9.17) is 0 Å². The number of carbonyl (C=O) groups excluding carboxylic acids is 1. The van der Waals surface area contributed by atoms with Gasteiger partial charge in [-0.1, -0.05) is 25.2 Å². The van der Waals surface area contributed by atoms with Crippen LogP contribution in [0.25, 0.3) is 11.0 Å². The summed E-state index contributed by atoms with van der Waals surface area (Å²) in [6, 6.07) is 2.95. The van der Waals surface area contributed by atoms with Gasteiger partial charge in [-0.15, -0.1) is 10.2 Å². The second-order valence-corrected chi connectivity index (χ2v) is 7.20. The fraction of sp³-hybridized carbons (Fsp3) is 0.412. The maximum atomic E-state index is 12.5. The lowest BCUT2D eigenvalue weighted by Crippen LogP contribution is -2.37. The van der Waals surface area contributed by atoms with Crippen LogP contribution in [0.1, 0.15) is 48.1 Å². The molecule has 0 aliphatic rings. The quantitative estimate of drug-likeness (QED) is 0.711. The van der Waals surface area contributed by atoms with Crippen molar-refractivity contribution in [2.45, 2.75) is 32.6 Å². The molecule has 0 aliphatic heterocycles. The van der Waals surface area contributed by atoms with Gasteiger partial charge in [0.2, 0.25) is 5.13 Å². The molecule has 0 aromatic carbocycles. The zero-order valence-electron chi connectivity index (χ0n) is 15.5. The normalized spacial score (nSPS) is 11.3. The molecule has 9 nitrogen and oxygen atoms in total. The number of carbonyl (C=O) groups is 1. The summed E-state index contributed by atoms with van der Waals surface area (Å²) in [6.07, 6.45) is 1.91. The third kappa shape index (κ3) is 3.39. The highest BCUT2D eigenvalue weighted by atomic mass is 32.1. The maximum absolute atomic E-state index is 12.5. The Morgan fingerprint density at radius 3 is 2.52 bits per heavy atom. The maximum Gasteiger partial charge on any atom is 0.332 e. The van der Waals surface area contributed by atoms with E-state index >= 15 is 0 Å². The highest BCUT2D eigenvalue weighted by Crippen LogP contribution is 2.28. The lowest BCUT2D eigenvalue weighted by molar-refractivity contribution is 0.102. The molecule has 0 saturated heterocycles. The van der Waals surface area contributed by atoms with Crippen LogP contribution in [0.3, 0.4) is 0 Å². The highest BCUT2D eigenvalue weighted by molar-refractivity contribution is 7.15. The van der Waals surface area contributed by atoms with Gasteiger partial charge in [0.25, 0.3) is 11.5 Å². The summed E-state index contributed by atoms with van der Waals surface area (Å²) in [6.45, 7) is 4.17. The van der Waals surface area contributed by atoms with E-state index in [9.17, 15) is 14.4 Å². The molecule has 3 aromatic heterocycles. The second kappa shape index (κ2) is 7.39. The highest BCUT2D eigenvalue weighted by Gasteiger charge is 2.17. The summed E-state index contributed by atoms with van der Waals surface area (Å²) in [5, 5.41) is 12.4. The molecular formula is C17H20N6O3S. The van der Waals surface area contributed by atoms with E-state index < -0.39 is 17.2 Å². The van der Waals surface area contributed by atoms with Crippen molar-refractivity contribution < 1.29 is 4.79 Å². The van der Waals surface area contributed by atoms with Gasteiger partial charge >= 0.3 is 5.69 Å². The molecule has 3 rings (SSSR count). The monoisotopic (exact) mass is 388 g/mol. The number of nitrogens with one attached hydrogen (secondary N) is 1. The van der Waals surface area contributed by atoms with Crippen LogP contribution in [-0.4, -0.2) is 30.2 Å². The lowest BCUT2D eigenvalue weighted by atomic mass is 10.1. The van der Waals surface area contributed by atoms with E-state index in [0.29, 0.717) is 11.0 Å². The van der Waals surface area contributed by atoms with Crippen molar-refractivity contribution in [1.82, 2.24) is 24.3 Å². The van der Waals surface area contributed by atoms with E-state index in [-0.39, 0.29) is 16.7 Å². The van der Waals surface area contributed by atoms with Crippen LogP contribution in [0.4, 0.5) is 5.13 Å². The molecule has 0 unspecified atom stereocenters. The fourth-order valence-electron chi connectivity index (χ4n) is 2.83. The largest absolute Gasteiger partial charge is 0.332 e. The minimum absolute atomic E-state index is 0.0880. The van der Waals surface area contributed by atoms with Gasteiger partial charge in [0, 0.05) is 20.0 Å². The van der Waals surface area contributed by atoms with Gasteiger partial charge in [0.1, 0.15) is 16.3 Å². The van der Waals surface area contributed by atoms with Crippen molar-refractivity contribution in [1.29, 1.82) is 0 Å². The Labute approximate surface area is 158 Å². The molecule has 1 N–H and O–H groups in total. The number of aryl methyl sites for hydroxylation is 1. The Hall–Kier alpha value is -2.88. The fourth-order valence-corrected chi connectivity index (χ4v) is 3.83.